The number of benzene rings is 2. The summed E-state index contributed by atoms with van der Waals surface area (Å²) in [4.78, 5) is 23.9. The van der Waals surface area contributed by atoms with Gasteiger partial charge in [-0.3, -0.25) is 9.59 Å². The number of nitrogens with zero attached hydrogens (tertiary/aromatic N) is 1. The Labute approximate surface area is 164 Å². The number of anilines is 1. The molecule has 0 radical (unpaired) electrons. The Bertz CT molecular complexity index is 804. The number of unbranched alkanes of at least 4 members (excludes halogenated alkanes) is 1. The van der Waals surface area contributed by atoms with Crippen LogP contribution >= 0.6 is 0 Å². The van der Waals surface area contributed by atoms with Crippen molar-refractivity contribution in [2.45, 2.75) is 26.7 Å². The zero-order valence-electron chi connectivity index (χ0n) is 16.1. The summed E-state index contributed by atoms with van der Waals surface area (Å²) in [5.41, 5.74) is 3.40. The lowest BCUT2D eigenvalue weighted by molar-refractivity contribution is -0.136. The smallest absolute Gasteiger partial charge is 0.329 e. The summed E-state index contributed by atoms with van der Waals surface area (Å²) >= 11 is 0. The van der Waals surface area contributed by atoms with Crippen LogP contribution in [0.3, 0.4) is 0 Å². The van der Waals surface area contributed by atoms with Crippen molar-refractivity contribution < 1.29 is 19.1 Å². The second kappa shape index (κ2) is 11.4. The average Bonchev–Trinajstić information content (AvgIpc) is 2.71. The summed E-state index contributed by atoms with van der Waals surface area (Å²) in [5.74, 6) is -0.314. The third-order valence-electron chi connectivity index (χ3n) is 3.67. The van der Waals surface area contributed by atoms with Gasteiger partial charge in [0, 0.05) is 11.3 Å². The summed E-state index contributed by atoms with van der Waals surface area (Å²) in [6, 6.07) is 14.1. The van der Waals surface area contributed by atoms with Crippen molar-refractivity contribution >= 4 is 23.7 Å². The Morgan fingerprint density at radius 3 is 2.46 bits per heavy atom. The number of hydrazone groups is 1. The minimum Gasteiger partial charge on any atom is -0.494 e. The quantitative estimate of drug-likeness (QED) is 0.301. The number of hydrogen-bond donors (Lipinski definition) is 2. The van der Waals surface area contributed by atoms with E-state index in [2.05, 4.69) is 22.8 Å². The second-order valence-corrected chi connectivity index (χ2v) is 5.85. The molecule has 7 heteroatoms. The summed E-state index contributed by atoms with van der Waals surface area (Å²) in [6.45, 7) is 5.13. The van der Waals surface area contributed by atoms with Gasteiger partial charge in [0.1, 0.15) is 11.5 Å². The highest BCUT2D eigenvalue weighted by Gasteiger charge is 2.13. The number of hydrogen-bond acceptors (Lipinski definition) is 5. The van der Waals surface area contributed by atoms with Crippen molar-refractivity contribution in [2.75, 3.05) is 18.5 Å². The van der Waals surface area contributed by atoms with Crippen molar-refractivity contribution in [1.29, 1.82) is 0 Å². The molecule has 0 bridgehead atoms. The number of carbonyl (C=O) groups excluding carboxylic acids is 2. The van der Waals surface area contributed by atoms with Crippen molar-refractivity contribution in [3.05, 3.63) is 54.1 Å². The first-order chi connectivity index (χ1) is 13.6. The van der Waals surface area contributed by atoms with E-state index < -0.39 is 11.8 Å². The molecule has 148 valence electrons. The molecular formula is C21H25N3O4. The van der Waals surface area contributed by atoms with Gasteiger partial charge in [-0.25, -0.2) is 5.43 Å². The molecule has 0 saturated carbocycles. The molecule has 0 spiro atoms. The monoisotopic (exact) mass is 383 g/mol. The van der Waals surface area contributed by atoms with Crippen molar-refractivity contribution in [3.63, 3.8) is 0 Å². The molecule has 2 aromatic carbocycles. The zero-order chi connectivity index (χ0) is 20.2. The van der Waals surface area contributed by atoms with Gasteiger partial charge in [0.05, 0.1) is 19.4 Å². The van der Waals surface area contributed by atoms with E-state index in [0.717, 1.165) is 12.8 Å². The lowest BCUT2D eigenvalue weighted by Crippen LogP contribution is -2.32. The molecule has 0 aliphatic rings. The van der Waals surface area contributed by atoms with Crippen LogP contribution in [0.5, 0.6) is 11.5 Å². The first kappa shape index (κ1) is 21.0. The van der Waals surface area contributed by atoms with Gasteiger partial charge in [0.2, 0.25) is 0 Å². The Kier molecular flexibility index (Phi) is 8.52. The van der Waals surface area contributed by atoms with Crippen LogP contribution in [0.15, 0.2) is 53.6 Å². The minimum atomic E-state index is -0.867. The molecule has 0 aliphatic carbocycles. The largest absolute Gasteiger partial charge is 0.494 e. The predicted octanol–water partition coefficient (Wildman–Crippen LogP) is 3.35. The molecule has 2 N–H and O–H groups in total. The van der Waals surface area contributed by atoms with Crippen molar-refractivity contribution in [2.24, 2.45) is 5.10 Å². The molecule has 0 aliphatic heterocycles. The van der Waals surface area contributed by atoms with Gasteiger partial charge in [-0.15, -0.1) is 0 Å². The molecule has 0 saturated heterocycles. The number of amides is 2. The maximum Gasteiger partial charge on any atom is 0.329 e. The highest BCUT2D eigenvalue weighted by molar-refractivity contribution is 6.39. The van der Waals surface area contributed by atoms with Crippen LogP contribution in [-0.2, 0) is 9.59 Å². The minimum absolute atomic E-state index is 0.494. The first-order valence-corrected chi connectivity index (χ1v) is 9.23. The molecule has 0 aromatic heterocycles. The van der Waals surface area contributed by atoms with E-state index in [1.165, 1.54) is 6.21 Å². The molecule has 2 amide bonds. The zero-order valence-corrected chi connectivity index (χ0v) is 16.1. The molecule has 28 heavy (non-hydrogen) atoms. The standard InChI is InChI=1S/C21H25N3O4/c1-3-5-14-28-18-12-10-17(11-13-18)23-20(25)21(26)24-22-15-16-8-6-7-9-19(16)27-4-2/h6-13,15H,3-5,14H2,1-2H3,(H,23,25)(H,24,26)/b22-15-. The maximum absolute atomic E-state index is 12.0. The van der Waals surface area contributed by atoms with Crippen LogP contribution < -0.4 is 20.2 Å². The summed E-state index contributed by atoms with van der Waals surface area (Å²) in [7, 11) is 0. The van der Waals surface area contributed by atoms with Crippen molar-refractivity contribution in [3.8, 4) is 11.5 Å². The van der Waals surface area contributed by atoms with Crippen LogP contribution in [0.2, 0.25) is 0 Å². The van der Waals surface area contributed by atoms with Crippen LogP contribution in [0, 0.1) is 0 Å². The van der Waals surface area contributed by atoms with Gasteiger partial charge in [0.25, 0.3) is 0 Å². The highest BCUT2D eigenvalue weighted by Crippen LogP contribution is 2.16. The molecule has 0 atom stereocenters. The van der Waals surface area contributed by atoms with Gasteiger partial charge >= 0.3 is 11.8 Å². The van der Waals surface area contributed by atoms with E-state index in [1.54, 1.807) is 36.4 Å². The van der Waals surface area contributed by atoms with Crippen LogP contribution in [0.25, 0.3) is 0 Å². The Balaban J connectivity index is 1.85. The number of carbonyl (C=O) groups is 2. The molecular weight excluding hydrogens is 358 g/mol. The summed E-state index contributed by atoms with van der Waals surface area (Å²) < 4.78 is 11.0. The molecule has 0 fully saturated rings. The second-order valence-electron chi connectivity index (χ2n) is 5.85. The van der Waals surface area contributed by atoms with E-state index in [0.29, 0.717) is 36.0 Å². The fourth-order valence-electron chi connectivity index (χ4n) is 2.24. The van der Waals surface area contributed by atoms with Gasteiger partial charge in [-0.1, -0.05) is 25.5 Å². The average molecular weight is 383 g/mol. The molecule has 2 rings (SSSR count). The molecule has 7 nitrogen and oxygen atoms in total. The van der Waals surface area contributed by atoms with E-state index in [4.69, 9.17) is 9.47 Å². The van der Waals surface area contributed by atoms with E-state index in [1.807, 2.05) is 19.1 Å². The normalized spacial score (nSPS) is 10.5. The summed E-state index contributed by atoms with van der Waals surface area (Å²) in [6.07, 6.45) is 3.47. The fourth-order valence-corrected chi connectivity index (χ4v) is 2.24. The van der Waals surface area contributed by atoms with Gasteiger partial charge in [-0.05, 0) is 49.7 Å². The third-order valence-corrected chi connectivity index (χ3v) is 3.67. The lowest BCUT2D eigenvalue weighted by Gasteiger charge is -2.07. The van der Waals surface area contributed by atoms with Gasteiger partial charge in [-0.2, -0.15) is 5.10 Å². The van der Waals surface area contributed by atoms with Gasteiger partial charge < -0.3 is 14.8 Å². The van der Waals surface area contributed by atoms with Crippen LogP contribution in [0.1, 0.15) is 32.3 Å². The molecule has 0 heterocycles. The Morgan fingerprint density at radius 2 is 1.75 bits per heavy atom. The van der Waals surface area contributed by atoms with E-state index in [9.17, 15) is 9.59 Å². The Hall–Kier alpha value is -3.35. The number of para-hydroxylation sites is 1. The van der Waals surface area contributed by atoms with Gasteiger partial charge in [0.15, 0.2) is 0 Å². The van der Waals surface area contributed by atoms with Crippen LogP contribution in [0.4, 0.5) is 5.69 Å². The SMILES string of the molecule is CCCCOc1ccc(NC(=O)C(=O)N/N=C\c2ccccc2OCC)cc1. The first-order valence-electron chi connectivity index (χ1n) is 9.23. The maximum atomic E-state index is 12.0. The lowest BCUT2D eigenvalue weighted by atomic mass is 10.2. The Morgan fingerprint density at radius 1 is 1.00 bits per heavy atom. The topological polar surface area (TPSA) is 89.0 Å². The third kappa shape index (κ3) is 6.75. The van der Waals surface area contributed by atoms with Crippen molar-refractivity contribution in [1.82, 2.24) is 5.43 Å². The predicted molar refractivity (Wildman–Crippen MR) is 109 cm³/mol. The van der Waals surface area contributed by atoms with Crippen LogP contribution in [-0.4, -0.2) is 31.2 Å². The number of rotatable bonds is 9. The number of ether oxygens (including phenoxy) is 2. The molecule has 0 unspecified atom stereocenters. The highest BCUT2D eigenvalue weighted by atomic mass is 16.5. The summed E-state index contributed by atoms with van der Waals surface area (Å²) in [5, 5.41) is 6.33. The van der Waals surface area contributed by atoms with E-state index >= 15 is 0 Å². The molecule has 2 aromatic rings. The van der Waals surface area contributed by atoms with E-state index in [-0.39, 0.29) is 0 Å². The fraction of sp³-hybridized carbons (Fsp3) is 0.286. The number of nitrogens with one attached hydrogen (secondary N) is 2.